The third-order valence-corrected chi connectivity index (χ3v) is 3.14. The van der Waals surface area contributed by atoms with E-state index in [0.29, 0.717) is 17.1 Å². The second-order valence-electron chi connectivity index (χ2n) is 4.65. The molecule has 0 aliphatic heterocycles. The van der Waals surface area contributed by atoms with Crippen molar-refractivity contribution in [3.05, 3.63) is 65.2 Å². The van der Waals surface area contributed by atoms with E-state index in [0.717, 1.165) is 11.1 Å². The van der Waals surface area contributed by atoms with Gasteiger partial charge in [0.25, 0.3) is 0 Å². The van der Waals surface area contributed by atoms with E-state index in [2.05, 4.69) is 0 Å². The zero-order valence-electron chi connectivity index (χ0n) is 12.4. The zero-order chi connectivity index (χ0) is 15.2. The maximum absolute atomic E-state index is 12.4. The number of ketones is 1. The minimum Gasteiger partial charge on any atom is -0.496 e. The van der Waals surface area contributed by atoms with Crippen molar-refractivity contribution in [1.82, 2.24) is 0 Å². The number of ether oxygens (including phenoxy) is 2. The number of allylic oxidation sites excluding steroid dienone is 1. The highest BCUT2D eigenvalue weighted by Crippen LogP contribution is 2.29. The van der Waals surface area contributed by atoms with Gasteiger partial charge in [0.2, 0.25) is 0 Å². The smallest absolute Gasteiger partial charge is 0.193 e. The van der Waals surface area contributed by atoms with Crippen LogP contribution >= 0.6 is 0 Å². The van der Waals surface area contributed by atoms with Crippen molar-refractivity contribution in [3.63, 3.8) is 0 Å². The summed E-state index contributed by atoms with van der Waals surface area (Å²) in [6.45, 7) is 2.02. The Balaban J connectivity index is 2.32. The van der Waals surface area contributed by atoms with E-state index in [1.807, 2.05) is 31.2 Å². The maximum Gasteiger partial charge on any atom is 0.193 e. The SMILES string of the molecule is COc1cccc(OC)c1C(=O)/C=C/c1cccc(C)c1. The molecule has 0 saturated heterocycles. The van der Waals surface area contributed by atoms with Crippen LogP contribution < -0.4 is 9.47 Å². The van der Waals surface area contributed by atoms with Crippen molar-refractivity contribution >= 4 is 11.9 Å². The Bertz CT molecular complexity index is 650. The number of carbonyl (C=O) groups excluding carboxylic acids is 1. The van der Waals surface area contributed by atoms with Crippen LogP contribution in [0.4, 0.5) is 0 Å². The Labute approximate surface area is 124 Å². The Morgan fingerprint density at radius 1 is 1.00 bits per heavy atom. The molecule has 2 aromatic carbocycles. The predicted octanol–water partition coefficient (Wildman–Crippen LogP) is 3.91. The lowest BCUT2D eigenvalue weighted by atomic mass is 10.1. The molecule has 0 aliphatic carbocycles. The molecule has 0 radical (unpaired) electrons. The molecule has 0 bridgehead atoms. The number of hydrogen-bond acceptors (Lipinski definition) is 3. The van der Waals surface area contributed by atoms with Crippen molar-refractivity contribution in [2.75, 3.05) is 14.2 Å². The summed E-state index contributed by atoms with van der Waals surface area (Å²) in [5, 5.41) is 0. The van der Waals surface area contributed by atoms with Gasteiger partial charge in [0.15, 0.2) is 5.78 Å². The first kappa shape index (κ1) is 14.9. The van der Waals surface area contributed by atoms with Crippen molar-refractivity contribution in [2.45, 2.75) is 6.92 Å². The van der Waals surface area contributed by atoms with Crippen LogP contribution in [0.15, 0.2) is 48.5 Å². The number of methoxy groups -OCH3 is 2. The van der Waals surface area contributed by atoms with Gasteiger partial charge in [-0.1, -0.05) is 42.0 Å². The number of rotatable bonds is 5. The lowest BCUT2D eigenvalue weighted by molar-refractivity contribution is 0.104. The molecule has 0 unspecified atom stereocenters. The minimum atomic E-state index is -0.147. The fourth-order valence-electron chi connectivity index (χ4n) is 2.12. The molecule has 0 aromatic heterocycles. The molecule has 0 heterocycles. The second kappa shape index (κ2) is 6.75. The Kier molecular flexibility index (Phi) is 4.77. The molecule has 0 atom stereocenters. The summed E-state index contributed by atoms with van der Waals surface area (Å²) < 4.78 is 10.5. The molecule has 0 aliphatic rings. The molecular weight excluding hydrogens is 264 g/mol. The van der Waals surface area contributed by atoms with Gasteiger partial charge >= 0.3 is 0 Å². The summed E-state index contributed by atoms with van der Waals surface area (Å²) in [6.07, 6.45) is 3.33. The summed E-state index contributed by atoms with van der Waals surface area (Å²) in [6, 6.07) is 13.2. The molecular formula is C18H18O3. The van der Waals surface area contributed by atoms with Crippen LogP contribution in [0, 0.1) is 6.92 Å². The van der Waals surface area contributed by atoms with Crippen molar-refractivity contribution in [3.8, 4) is 11.5 Å². The number of hydrogen-bond donors (Lipinski definition) is 0. The zero-order valence-corrected chi connectivity index (χ0v) is 12.4. The van der Waals surface area contributed by atoms with E-state index in [1.165, 1.54) is 20.3 Å². The van der Waals surface area contributed by atoms with Gasteiger partial charge in [0.05, 0.1) is 14.2 Å². The number of aryl methyl sites for hydroxylation is 1. The van der Waals surface area contributed by atoms with E-state index in [1.54, 1.807) is 24.3 Å². The first-order valence-corrected chi connectivity index (χ1v) is 6.65. The molecule has 0 fully saturated rings. The van der Waals surface area contributed by atoms with E-state index in [4.69, 9.17) is 9.47 Å². The standard InChI is InChI=1S/C18H18O3/c1-13-6-4-7-14(12-13)10-11-15(19)18-16(20-2)8-5-9-17(18)21-3/h4-12H,1-3H3/b11-10+. The lowest BCUT2D eigenvalue weighted by Crippen LogP contribution is -2.02. The van der Waals surface area contributed by atoms with Gasteiger partial charge in [-0.3, -0.25) is 4.79 Å². The fourth-order valence-corrected chi connectivity index (χ4v) is 2.12. The van der Waals surface area contributed by atoms with Gasteiger partial charge in [0.1, 0.15) is 17.1 Å². The molecule has 0 spiro atoms. The maximum atomic E-state index is 12.4. The monoisotopic (exact) mass is 282 g/mol. The van der Waals surface area contributed by atoms with Crippen molar-refractivity contribution in [2.24, 2.45) is 0 Å². The Morgan fingerprint density at radius 2 is 1.62 bits per heavy atom. The summed E-state index contributed by atoms with van der Waals surface area (Å²) >= 11 is 0. The average molecular weight is 282 g/mol. The third kappa shape index (κ3) is 3.51. The Morgan fingerprint density at radius 3 is 2.19 bits per heavy atom. The molecule has 3 heteroatoms. The van der Waals surface area contributed by atoms with Crippen molar-refractivity contribution in [1.29, 1.82) is 0 Å². The van der Waals surface area contributed by atoms with Gasteiger partial charge in [-0.15, -0.1) is 0 Å². The molecule has 2 aromatic rings. The van der Waals surface area contributed by atoms with Crippen LogP contribution in [0.1, 0.15) is 21.5 Å². The third-order valence-electron chi connectivity index (χ3n) is 3.14. The summed E-state index contributed by atoms with van der Waals surface area (Å²) in [5.74, 6) is 0.868. The summed E-state index contributed by atoms with van der Waals surface area (Å²) in [7, 11) is 3.08. The highest BCUT2D eigenvalue weighted by molar-refractivity contribution is 6.10. The molecule has 0 N–H and O–H groups in total. The normalized spacial score (nSPS) is 10.6. The molecule has 21 heavy (non-hydrogen) atoms. The molecule has 0 saturated carbocycles. The highest BCUT2D eigenvalue weighted by Gasteiger charge is 2.15. The van der Waals surface area contributed by atoms with Crippen molar-refractivity contribution < 1.29 is 14.3 Å². The van der Waals surface area contributed by atoms with E-state index in [-0.39, 0.29) is 5.78 Å². The van der Waals surface area contributed by atoms with Gasteiger partial charge in [0, 0.05) is 0 Å². The van der Waals surface area contributed by atoms with E-state index in [9.17, 15) is 4.79 Å². The molecule has 0 amide bonds. The number of benzene rings is 2. The molecule has 2 rings (SSSR count). The van der Waals surface area contributed by atoms with Crippen LogP contribution in [0.3, 0.4) is 0 Å². The first-order valence-electron chi connectivity index (χ1n) is 6.65. The summed E-state index contributed by atoms with van der Waals surface area (Å²) in [4.78, 5) is 12.4. The van der Waals surface area contributed by atoms with Gasteiger partial charge in [-0.05, 0) is 30.7 Å². The Hall–Kier alpha value is -2.55. The van der Waals surface area contributed by atoms with Crippen LogP contribution in [-0.4, -0.2) is 20.0 Å². The van der Waals surface area contributed by atoms with Gasteiger partial charge < -0.3 is 9.47 Å². The second-order valence-corrected chi connectivity index (χ2v) is 4.65. The fraction of sp³-hybridized carbons (Fsp3) is 0.167. The topological polar surface area (TPSA) is 35.5 Å². The first-order chi connectivity index (χ1) is 10.2. The molecule has 3 nitrogen and oxygen atoms in total. The summed E-state index contributed by atoms with van der Waals surface area (Å²) in [5.41, 5.74) is 2.57. The average Bonchev–Trinajstić information content (AvgIpc) is 2.51. The number of carbonyl (C=O) groups is 1. The quantitative estimate of drug-likeness (QED) is 0.616. The minimum absolute atomic E-state index is 0.147. The van der Waals surface area contributed by atoms with Gasteiger partial charge in [-0.25, -0.2) is 0 Å². The predicted molar refractivity (Wildman–Crippen MR) is 84.1 cm³/mol. The van der Waals surface area contributed by atoms with Crippen LogP contribution in [0.2, 0.25) is 0 Å². The largest absolute Gasteiger partial charge is 0.496 e. The van der Waals surface area contributed by atoms with Gasteiger partial charge in [-0.2, -0.15) is 0 Å². The van der Waals surface area contributed by atoms with Crippen LogP contribution in [0.25, 0.3) is 6.08 Å². The van der Waals surface area contributed by atoms with E-state index >= 15 is 0 Å². The van der Waals surface area contributed by atoms with Crippen LogP contribution in [-0.2, 0) is 0 Å². The van der Waals surface area contributed by atoms with Crippen LogP contribution in [0.5, 0.6) is 11.5 Å². The van der Waals surface area contributed by atoms with E-state index < -0.39 is 0 Å². The lowest BCUT2D eigenvalue weighted by Gasteiger charge is -2.10. The molecule has 108 valence electrons. The highest BCUT2D eigenvalue weighted by atomic mass is 16.5.